The molecule has 84 valence electrons. The van der Waals surface area contributed by atoms with E-state index in [1.54, 1.807) is 6.08 Å². The summed E-state index contributed by atoms with van der Waals surface area (Å²) in [5, 5.41) is 0. The lowest BCUT2D eigenvalue weighted by Crippen LogP contribution is -2.33. The second kappa shape index (κ2) is 3.32. The van der Waals surface area contributed by atoms with Crippen LogP contribution >= 0.6 is 0 Å². The highest BCUT2D eigenvalue weighted by atomic mass is 19.3. The van der Waals surface area contributed by atoms with Crippen molar-refractivity contribution in [3.8, 4) is 0 Å². The van der Waals surface area contributed by atoms with Crippen molar-refractivity contribution in [1.82, 2.24) is 0 Å². The van der Waals surface area contributed by atoms with Gasteiger partial charge in [-0.15, -0.1) is 0 Å². The summed E-state index contributed by atoms with van der Waals surface area (Å²) in [5.41, 5.74) is 0.0591. The Bertz CT molecular complexity index is 331. The van der Waals surface area contributed by atoms with Crippen molar-refractivity contribution in [2.75, 3.05) is 6.61 Å². The fraction of sp³-hybridized carbons (Fsp3) is 0.667. The molecule has 0 saturated heterocycles. The fourth-order valence-electron chi connectivity index (χ4n) is 2.06. The highest BCUT2D eigenvalue weighted by Crippen LogP contribution is 2.46. The monoisotopic (exact) mass is 214 g/mol. The Morgan fingerprint density at radius 2 is 2.20 bits per heavy atom. The van der Waals surface area contributed by atoms with Crippen molar-refractivity contribution in [2.45, 2.75) is 39.0 Å². The smallest absolute Gasteiger partial charge is 0.276 e. The minimum Gasteiger partial charge on any atom is -0.493 e. The first-order chi connectivity index (χ1) is 6.97. The molecule has 2 rings (SSSR count). The second-order valence-electron chi connectivity index (χ2n) is 4.66. The summed E-state index contributed by atoms with van der Waals surface area (Å²) in [5.74, 6) is -2.27. The maximum atomic E-state index is 13.6. The van der Waals surface area contributed by atoms with Crippen LogP contribution in [0.15, 0.2) is 23.5 Å². The molecule has 0 radical (unpaired) electrons. The summed E-state index contributed by atoms with van der Waals surface area (Å²) in [6.07, 6.45) is 4.82. The molecule has 2 aliphatic rings. The van der Waals surface area contributed by atoms with Crippen LogP contribution in [-0.4, -0.2) is 12.5 Å². The molecular formula is C12H16F2O. The maximum absolute atomic E-state index is 13.6. The Kier molecular flexibility index (Phi) is 2.36. The van der Waals surface area contributed by atoms with Crippen LogP contribution in [0.25, 0.3) is 0 Å². The molecule has 0 N–H and O–H groups in total. The molecule has 0 fully saturated rings. The molecule has 0 bridgehead atoms. The summed E-state index contributed by atoms with van der Waals surface area (Å²) in [4.78, 5) is 0. The zero-order valence-corrected chi connectivity index (χ0v) is 9.15. The highest BCUT2D eigenvalue weighted by molar-refractivity contribution is 5.34. The van der Waals surface area contributed by atoms with E-state index in [0.717, 1.165) is 6.42 Å². The summed E-state index contributed by atoms with van der Waals surface area (Å²) < 4.78 is 32.6. The Hall–Kier alpha value is -0.860. The number of hydrogen-bond acceptors (Lipinski definition) is 1. The van der Waals surface area contributed by atoms with Crippen molar-refractivity contribution < 1.29 is 13.5 Å². The molecule has 1 nitrogen and oxygen atoms in total. The van der Waals surface area contributed by atoms with Crippen molar-refractivity contribution >= 4 is 0 Å². The summed E-state index contributed by atoms with van der Waals surface area (Å²) in [6, 6.07) is 0. The Balaban J connectivity index is 2.34. The van der Waals surface area contributed by atoms with Gasteiger partial charge in [-0.05, 0) is 24.3 Å². The molecule has 1 atom stereocenters. The van der Waals surface area contributed by atoms with Gasteiger partial charge in [-0.3, -0.25) is 0 Å². The van der Waals surface area contributed by atoms with E-state index in [-0.39, 0.29) is 24.0 Å². The van der Waals surface area contributed by atoms with Gasteiger partial charge in [0.15, 0.2) is 0 Å². The van der Waals surface area contributed by atoms with E-state index in [4.69, 9.17) is 4.74 Å². The molecule has 0 aromatic carbocycles. The average molecular weight is 214 g/mol. The molecule has 0 aromatic rings. The van der Waals surface area contributed by atoms with Crippen LogP contribution in [-0.2, 0) is 4.74 Å². The van der Waals surface area contributed by atoms with Gasteiger partial charge in [0, 0.05) is 12.0 Å². The lowest BCUT2D eigenvalue weighted by Gasteiger charge is -2.36. The molecule has 3 heteroatoms. The fourth-order valence-corrected chi connectivity index (χ4v) is 2.06. The van der Waals surface area contributed by atoms with E-state index in [1.807, 2.05) is 19.9 Å². The molecule has 0 saturated carbocycles. The predicted molar refractivity (Wildman–Crippen MR) is 54.7 cm³/mol. The van der Waals surface area contributed by atoms with Crippen LogP contribution in [0.5, 0.6) is 0 Å². The van der Waals surface area contributed by atoms with E-state index >= 15 is 0 Å². The Morgan fingerprint density at radius 3 is 2.87 bits per heavy atom. The largest absolute Gasteiger partial charge is 0.493 e. The molecule has 1 aliphatic heterocycles. The van der Waals surface area contributed by atoms with E-state index in [0.29, 0.717) is 12.2 Å². The van der Waals surface area contributed by atoms with Gasteiger partial charge in [0.2, 0.25) is 0 Å². The summed E-state index contributed by atoms with van der Waals surface area (Å²) >= 11 is 0. The molecule has 0 amide bonds. The lowest BCUT2D eigenvalue weighted by atomic mass is 9.75. The number of allylic oxidation sites excluding steroid dienone is 3. The number of ether oxygens (including phenoxy) is 1. The van der Waals surface area contributed by atoms with Crippen LogP contribution in [0.2, 0.25) is 0 Å². The first-order valence-electron chi connectivity index (χ1n) is 5.40. The Labute approximate surface area is 88.8 Å². The van der Waals surface area contributed by atoms with Crippen LogP contribution in [0.4, 0.5) is 8.78 Å². The normalized spacial score (nSPS) is 33.6. The van der Waals surface area contributed by atoms with Crippen molar-refractivity contribution in [1.29, 1.82) is 0 Å². The van der Waals surface area contributed by atoms with Crippen LogP contribution < -0.4 is 0 Å². The van der Waals surface area contributed by atoms with E-state index in [2.05, 4.69) is 0 Å². The first kappa shape index (κ1) is 10.7. The van der Waals surface area contributed by atoms with E-state index in [9.17, 15) is 8.78 Å². The van der Waals surface area contributed by atoms with E-state index < -0.39 is 5.92 Å². The third-order valence-electron chi connectivity index (χ3n) is 3.44. The van der Waals surface area contributed by atoms with Crippen molar-refractivity contribution in [3.63, 3.8) is 0 Å². The second-order valence-corrected chi connectivity index (χ2v) is 4.66. The standard InChI is InChI=1S/C12H16F2O/c1-3-11(2)5-4-10-9(8-11)12(13,14)6-7-15-10/h4-5H,3,6-8H2,1-2H3. The van der Waals surface area contributed by atoms with Gasteiger partial charge in [0.1, 0.15) is 5.76 Å². The third kappa shape index (κ3) is 1.80. The zero-order chi connectivity index (χ0) is 11.1. The van der Waals surface area contributed by atoms with Crippen molar-refractivity contribution in [2.24, 2.45) is 5.41 Å². The van der Waals surface area contributed by atoms with Gasteiger partial charge < -0.3 is 4.74 Å². The molecule has 15 heavy (non-hydrogen) atoms. The summed E-state index contributed by atoms with van der Waals surface area (Å²) in [6.45, 7) is 4.16. The van der Waals surface area contributed by atoms with Gasteiger partial charge in [0.05, 0.1) is 6.61 Å². The van der Waals surface area contributed by atoms with Gasteiger partial charge >= 0.3 is 0 Å². The zero-order valence-electron chi connectivity index (χ0n) is 9.15. The number of hydrogen-bond donors (Lipinski definition) is 0. The molecule has 0 spiro atoms. The SMILES string of the molecule is CCC1(C)C=CC2=C(C1)C(F)(F)CCO2. The predicted octanol–water partition coefficient (Wildman–Crippen LogP) is 3.67. The van der Waals surface area contributed by atoms with Gasteiger partial charge in [0.25, 0.3) is 5.92 Å². The molecule has 0 aromatic heterocycles. The maximum Gasteiger partial charge on any atom is 0.276 e. The van der Waals surface area contributed by atoms with Crippen LogP contribution in [0.1, 0.15) is 33.1 Å². The molecule has 1 aliphatic carbocycles. The van der Waals surface area contributed by atoms with Gasteiger partial charge in [-0.25, -0.2) is 8.78 Å². The lowest BCUT2D eigenvalue weighted by molar-refractivity contribution is -0.0221. The van der Waals surface area contributed by atoms with E-state index in [1.165, 1.54) is 0 Å². The molecule has 1 heterocycles. The quantitative estimate of drug-likeness (QED) is 0.647. The molecule has 1 unspecified atom stereocenters. The Morgan fingerprint density at radius 1 is 1.47 bits per heavy atom. The molecular weight excluding hydrogens is 198 g/mol. The van der Waals surface area contributed by atoms with Gasteiger partial charge in [-0.2, -0.15) is 0 Å². The average Bonchev–Trinajstić information content (AvgIpc) is 2.19. The summed E-state index contributed by atoms with van der Waals surface area (Å²) in [7, 11) is 0. The third-order valence-corrected chi connectivity index (χ3v) is 3.44. The number of rotatable bonds is 1. The van der Waals surface area contributed by atoms with Crippen LogP contribution in [0, 0.1) is 5.41 Å². The minimum absolute atomic E-state index is 0.124. The van der Waals surface area contributed by atoms with Crippen LogP contribution in [0.3, 0.4) is 0 Å². The van der Waals surface area contributed by atoms with Gasteiger partial charge in [-0.1, -0.05) is 19.9 Å². The minimum atomic E-state index is -2.67. The topological polar surface area (TPSA) is 9.23 Å². The first-order valence-corrected chi connectivity index (χ1v) is 5.40. The van der Waals surface area contributed by atoms with Crippen molar-refractivity contribution in [3.05, 3.63) is 23.5 Å². The highest BCUT2D eigenvalue weighted by Gasteiger charge is 2.43. The number of alkyl halides is 2. The number of halogens is 2.